The van der Waals surface area contributed by atoms with Crippen LogP contribution in [0.2, 0.25) is 0 Å². The zero-order valence-electron chi connectivity index (χ0n) is 10.0. The van der Waals surface area contributed by atoms with Crippen LogP contribution in [0.4, 0.5) is 0 Å². The maximum Gasteiger partial charge on any atom is 0.222 e. The highest BCUT2D eigenvalue weighted by atomic mass is 16.3. The van der Waals surface area contributed by atoms with Gasteiger partial charge in [0.1, 0.15) is 0 Å². The van der Waals surface area contributed by atoms with Gasteiger partial charge in [0, 0.05) is 20.0 Å². The van der Waals surface area contributed by atoms with E-state index in [1.54, 1.807) is 11.9 Å². The molecule has 92 valence electrons. The van der Waals surface area contributed by atoms with Crippen molar-refractivity contribution in [1.82, 2.24) is 10.2 Å². The normalized spacial score (nSPS) is 30.1. The minimum Gasteiger partial charge on any atom is -0.387 e. The van der Waals surface area contributed by atoms with Crippen LogP contribution in [-0.4, -0.2) is 48.2 Å². The molecule has 1 amide bonds. The van der Waals surface area contributed by atoms with Crippen LogP contribution in [0.3, 0.4) is 0 Å². The van der Waals surface area contributed by atoms with Crippen LogP contribution >= 0.6 is 0 Å². The number of nitrogens with zero attached hydrogens (tertiary/aromatic N) is 1. The van der Waals surface area contributed by atoms with Crippen molar-refractivity contribution in [2.75, 3.05) is 26.7 Å². The average molecular weight is 226 g/mol. The van der Waals surface area contributed by atoms with Crippen LogP contribution in [0.1, 0.15) is 32.1 Å². The fourth-order valence-electron chi connectivity index (χ4n) is 2.49. The van der Waals surface area contributed by atoms with Gasteiger partial charge in [0.25, 0.3) is 0 Å². The zero-order chi connectivity index (χ0) is 11.6. The van der Waals surface area contributed by atoms with E-state index >= 15 is 0 Å². The highest BCUT2D eigenvalue weighted by molar-refractivity contribution is 5.76. The molecule has 1 saturated heterocycles. The highest BCUT2D eigenvalue weighted by Gasteiger charge is 2.34. The molecule has 2 aliphatic rings. The Labute approximate surface area is 97.0 Å². The van der Waals surface area contributed by atoms with E-state index in [1.807, 2.05) is 0 Å². The molecule has 1 atom stereocenters. The van der Waals surface area contributed by atoms with Gasteiger partial charge in [-0.05, 0) is 31.7 Å². The summed E-state index contributed by atoms with van der Waals surface area (Å²) >= 11 is 0. The van der Waals surface area contributed by atoms with Crippen LogP contribution in [0.15, 0.2) is 0 Å². The first-order chi connectivity index (χ1) is 7.59. The van der Waals surface area contributed by atoms with E-state index in [0.717, 1.165) is 13.0 Å². The molecule has 4 heteroatoms. The SMILES string of the molecule is CN(CC1(O)CCNC1)C(=O)CC1CCC1. The molecule has 1 saturated carbocycles. The lowest BCUT2D eigenvalue weighted by Gasteiger charge is -2.31. The van der Waals surface area contributed by atoms with Crippen molar-refractivity contribution in [1.29, 1.82) is 0 Å². The molecule has 4 nitrogen and oxygen atoms in total. The summed E-state index contributed by atoms with van der Waals surface area (Å²) in [5.41, 5.74) is -0.704. The lowest BCUT2D eigenvalue weighted by atomic mass is 9.82. The summed E-state index contributed by atoms with van der Waals surface area (Å²) in [6, 6.07) is 0. The predicted molar refractivity (Wildman–Crippen MR) is 62.0 cm³/mol. The van der Waals surface area contributed by atoms with Crippen LogP contribution < -0.4 is 5.32 Å². The van der Waals surface area contributed by atoms with Gasteiger partial charge in [0.15, 0.2) is 0 Å². The summed E-state index contributed by atoms with van der Waals surface area (Å²) in [5, 5.41) is 13.3. The number of carbonyl (C=O) groups is 1. The molecule has 1 aliphatic carbocycles. The summed E-state index contributed by atoms with van der Waals surface area (Å²) in [7, 11) is 1.80. The molecule has 0 aromatic rings. The molecule has 1 aliphatic heterocycles. The maximum absolute atomic E-state index is 11.9. The van der Waals surface area contributed by atoms with Crippen LogP contribution in [0, 0.1) is 5.92 Å². The Hall–Kier alpha value is -0.610. The smallest absolute Gasteiger partial charge is 0.222 e. The molecular weight excluding hydrogens is 204 g/mol. The van der Waals surface area contributed by atoms with Crippen molar-refractivity contribution < 1.29 is 9.90 Å². The van der Waals surface area contributed by atoms with E-state index < -0.39 is 5.60 Å². The molecule has 2 N–H and O–H groups in total. The van der Waals surface area contributed by atoms with E-state index in [0.29, 0.717) is 25.4 Å². The Morgan fingerprint density at radius 1 is 1.56 bits per heavy atom. The summed E-state index contributed by atoms with van der Waals surface area (Å²) in [4.78, 5) is 13.6. The number of aliphatic hydroxyl groups is 1. The number of carbonyl (C=O) groups excluding carboxylic acids is 1. The standard InChI is InChI=1S/C12H22N2O2/c1-14(9-12(16)5-6-13-8-12)11(15)7-10-3-2-4-10/h10,13,16H,2-9H2,1H3. The van der Waals surface area contributed by atoms with Gasteiger partial charge in [-0.3, -0.25) is 4.79 Å². The Kier molecular flexibility index (Phi) is 3.50. The molecule has 0 aromatic heterocycles. The molecule has 0 bridgehead atoms. The summed E-state index contributed by atoms with van der Waals surface area (Å²) in [6.45, 7) is 1.92. The number of nitrogens with one attached hydrogen (secondary N) is 1. The Bertz CT molecular complexity index is 258. The number of β-amino-alcohol motifs (C(OH)–C–C–N with tert-alkyl or cyclic N) is 1. The third-order valence-electron chi connectivity index (χ3n) is 3.87. The van der Waals surface area contributed by atoms with Gasteiger partial charge in [0.05, 0.1) is 12.1 Å². The van der Waals surface area contributed by atoms with E-state index in [2.05, 4.69) is 5.32 Å². The first-order valence-electron chi connectivity index (χ1n) is 6.26. The number of rotatable bonds is 4. The van der Waals surface area contributed by atoms with Gasteiger partial charge >= 0.3 is 0 Å². The second-order valence-corrected chi connectivity index (χ2v) is 5.40. The molecule has 2 rings (SSSR count). The largest absolute Gasteiger partial charge is 0.387 e. The van der Waals surface area contributed by atoms with Crippen molar-refractivity contribution in [2.24, 2.45) is 5.92 Å². The fourth-order valence-corrected chi connectivity index (χ4v) is 2.49. The third kappa shape index (κ3) is 2.74. The van der Waals surface area contributed by atoms with Crippen LogP contribution in [0.25, 0.3) is 0 Å². The van der Waals surface area contributed by atoms with Crippen molar-refractivity contribution in [3.05, 3.63) is 0 Å². The molecule has 16 heavy (non-hydrogen) atoms. The van der Waals surface area contributed by atoms with E-state index in [1.165, 1.54) is 19.3 Å². The lowest BCUT2D eigenvalue weighted by Crippen LogP contribution is -2.45. The fraction of sp³-hybridized carbons (Fsp3) is 0.917. The monoisotopic (exact) mass is 226 g/mol. The van der Waals surface area contributed by atoms with Crippen molar-refractivity contribution in [3.8, 4) is 0 Å². The van der Waals surface area contributed by atoms with Crippen LogP contribution in [-0.2, 0) is 4.79 Å². The molecule has 1 unspecified atom stereocenters. The zero-order valence-corrected chi connectivity index (χ0v) is 10.0. The molecule has 0 spiro atoms. The van der Waals surface area contributed by atoms with Gasteiger partial charge in [0.2, 0.25) is 5.91 Å². The number of amides is 1. The third-order valence-corrected chi connectivity index (χ3v) is 3.87. The second-order valence-electron chi connectivity index (χ2n) is 5.40. The lowest BCUT2D eigenvalue weighted by molar-refractivity contribution is -0.134. The molecule has 2 fully saturated rings. The minimum atomic E-state index is -0.704. The van der Waals surface area contributed by atoms with Gasteiger partial charge in [-0.2, -0.15) is 0 Å². The van der Waals surface area contributed by atoms with Crippen molar-refractivity contribution in [3.63, 3.8) is 0 Å². The summed E-state index contributed by atoms with van der Waals surface area (Å²) in [6.07, 6.45) is 5.08. The summed E-state index contributed by atoms with van der Waals surface area (Å²) < 4.78 is 0. The van der Waals surface area contributed by atoms with E-state index in [-0.39, 0.29) is 5.91 Å². The molecule has 1 heterocycles. The number of hydrogen-bond donors (Lipinski definition) is 2. The quantitative estimate of drug-likeness (QED) is 0.728. The Balaban J connectivity index is 1.77. The minimum absolute atomic E-state index is 0.185. The first kappa shape index (κ1) is 11.9. The van der Waals surface area contributed by atoms with E-state index in [4.69, 9.17) is 0 Å². The summed E-state index contributed by atoms with van der Waals surface area (Å²) in [5.74, 6) is 0.788. The Morgan fingerprint density at radius 3 is 2.81 bits per heavy atom. The van der Waals surface area contributed by atoms with E-state index in [9.17, 15) is 9.90 Å². The number of hydrogen-bond acceptors (Lipinski definition) is 3. The molecule has 0 radical (unpaired) electrons. The number of likely N-dealkylation sites (N-methyl/N-ethyl adjacent to an activating group) is 1. The van der Waals surface area contributed by atoms with Gasteiger partial charge in [-0.15, -0.1) is 0 Å². The average Bonchev–Trinajstić information content (AvgIpc) is 2.58. The topological polar surface area (TPSA) is 52.6 Å². The highest BCUT2D eigenvalue weighted by Crippen LogP contribution is 2.30. The van der Waals surface area contributed by atoms with Crippen molar-refractivity contribution >= 4 is 5.91 Å². The second kappa shape index (κ2) is 4.72. The molecular formula is C12H22N2O2. The van der Waals surface area contributed by atoms with Gasteiger partial charge in [-0.1, -0.05) is 6.42 Å². The first-order valence-corrected chi connectivity index (χ1v) is 6.26. The van der Waals surface area contributed by atoms with Gasteiger partial charge in [-0.25, -0.2) is 0 Å². The van der Waals surface area contributed by atoms with Crippen molar-refractivity contribution in [2.45, 2.75) is 37.7 Å². The van der Waals surface area contributed by atoms with Gasteiger partial charge < -0.3 is 15.3 Å². The Morgan fingerprint density at radius 2 is 2.31 bits per heavy atom. The van der Waals surface area contributed by atoms with Crippen LogP contribution in [0.5, 0.6) is 0 Å². The predicted octanol–water partition coefficient (Wildman–Crippen LogP) is 0.359. The maximum atomic E-state index is 11.9. The molecule has 0 aromatic carbocycles.